The molecule has 0 amide bonds. The maximum absolute atomic E-state index is 12.3. The van der Waals surface area contributed by atoms with E-state index < -0.39 is 17.1 Å². The molecule has 1 aromatic rings. The number of benzene rings is 1. The molecule has 0 spiro atoms. The summed E-state index contributed by atoms with van der Waals surface area (Å²) in [7, 11) is -1.08. The summed E-state index contributed by atoms with van der Waals surface area (Å²) in [6.07, 6.45) is 4.05. The third kappa shape index (κ3) is 5.55. The Morgan fingerprint density at radius 2 is 2.04 bits per heavy atom. The van der Waals surface area contributed by atoms with Crippen LogP contribution < -0.4 is 9.79 Å². The van der Waals surface area contributed by atoms with Crippen LogP contribution in [0.2, 0.25) is 0 Å². The first-order chi connectivity index (χ1) is 11.3. The van der Waals surface area contributed by atoms with Crippen molar-refractivity contribution in [3.63, 3.8) is 0 Å². The smallest absolute Gasteiger partial charge is 0.120 e. The Morgan fingerprint density at radius 1 is 1.38 bits per heavy atom. The third-order valence-electron chi connectivity index (χ3n) is 4.58. The lowest BCUT2D eigenvalue weighted by molar-refractivity contribution is -0.898. The van der Waals surface area contributed by atoms with Crippen LogP contribution in [0.4, 0.5) is 5.69 Å². The molecule has 0 bridgehead atoms. The van der Waals surface area contributed by atoms with Crippen molar-refractivity contribution in [3.05, 3.63) is 35.0 Å². The molecule has 1 fully saturated rings. The van der Waals surface area contributed by atoms with Gasteiger partial charge in [0.15, 0.2) is 0 Å². The summed E-state index contributed by atoms with van der Waals surface area (Å²) in [6, 6.07) is 7.39. The van der Waals surface area contributed by atoms with Crippen LogP contribution in [0.15, 0.2) is 24.3 Å². The molecule has 3 unspecified atom stereocenters. The highest BCUT2D eigenvalue weighted by Gasteiger charge is 2.22. The van der Waals surface area contributed by atoms with Crippen molar-refractivity contribution < 1.29 is 14.4 Å². The normalized spacial score (nSPS) is 19.9. The lowest BCUT2D eigenvalue weighted by Crippen LogP contribution is -3.14. The molecule has 136 valence electrons. The van der Waals surface area contributed by atoms with E-state index in [0.717, 1.165) is 36.9 Å². The molecule has 24 heavy (non-hydrogen) atoms. The van der Waals surface area contributed by atoms with Crippen LogP contribution in [0.1, 0.15) is 64.5 Å². The van der Waals surface area contributed by atoms with Gasteiger partial charge < -0.3 is 20.1 Å². The standard InChI is InChI=1S/C18H30N2O3S/c1-18(2,3)20(22)12-11-17(21)14-7-6-8-15(13-14)19-24(23)16-9-4-5-10-16/h6-8,13,16-17,19-21H,4-5,9-12H2,1-3H3. The van der Waals surface area contributed by atoms with Gasteiger partial charge in [-0.3, -0.25) is 0 Å². The van der Waals surface area contributed by atoms with E-state index in [4.69, 9.17) is 0 Å². The van der Waals surface area contributed by atoms with E-state index >= 15 is 0 Å². The van der Waals surface area contributed by atoms with Crippen molar-refractivity contribution in [3.8, 4) is 0 Å². The van der Waals surface area contributed by atoms with Crippen molar-refractivity contribution in [2.45, 2.75) is 69.8 Å². The number of hydrogen-bond donors (Lipinski definition) is 3. The van der Waals surface area contributed by atoms with Gasteiger partial charge in [0.05, 0.1) is 23.4 Å². The minimum absolute atomic E-state index is 0.151. The quantitative estimate of drug-likeness (QED) is 0.658. The van der Waals surface area contributed by atoms with Gasteiger partial charge in [0.2, 0.25) is 0 Å². The zero-order valence-corrected chi connectivity index (χ0v) is 15.7. The first kappa shape index (κ1) is 19.4. The summed E-state index contributed by atoms with van der Waals surface area (Å²) in [5.41, 5.74) is 1.14. The lowest BCUT2D eigenvalue weighted by Gasteiger charge is -2.36. The van der Waals surface area contributed by atoms with Crippen molar-refractivity contribution in [1.82, 2.24) is 0 Å². The second kappa shape index (κ2) is 8.43. The zero-order valence-electron chi connectivity index (χ0n) is 14.9. The highest BCUT2D eigenvalue weighted by atomic mass is 32.2. The minimum Gasteiger partial charge on any atom is -0.634 e. The number of anilines is 1. The van der Waals surface area contributed by atoms with Gasteiger partial charge in [-0.2, -0.15) is 0 Å². The van der Waals surface area contributed by atoms with Crippen LogP contribution in [-0.4, -0.2) is 26.6 Å². The number of hydrogen-bond acceptors (Lipinski definition) is 3. The van der Waals surface area contributed by atoms with Gasteiger partial charge >= 0.3 is 0 Å². The van der Waals surface area contributed by atoms with Gasteiger partial charge in [-0.05, 0) is 51.3 Å². The maximum atomic E-state index is 12.3. The molecule has 1 aliphatic rings. The zero-order chi connectivity index (χ0) is 17.7. The number of rotatable bonds is 7. The summed E-state index contributed by atoms with van der Waals surface area (Å²) in [6.45, 7) is 6.04. The fourth-order valence-electron chi connectivity index (χ4n) is 2.92. The van der Waals surface area contributed by atoms with Gasteiger partial charge in [-0.25, -0.2) is 4.21 Å². The highest BCUT2D eigenvalue weighted by molar-refractivity contribution is 7.87. The second-order valence-electron chi connectivity index (χ2n) is 7.66. The maximum Gasteiger partial charge on any atom is 0.120 e. The molecular weight excluding hydrogens is 324 g/mol. The monoisotopic (exact) mass is 354 g/mol. The number of quaternary nitrogens is 1. The Bertz CT molecular complexity index is 553. The largest absolute Gasteiger partial charge is 0.634 e. The van der Waals surface area contributed by atoms with Gasteiger partial charge in [0, 0.05) is 12.1 Å². The lowest BCUT2D eigenvalue weighted by atomic mass is 10.0. The second-order valence-corrected chi connectivity index (χ2v) is 9.12. The molecule has 0 saturated heterocycles. The van der Waals surface area contributed by atoms with Gasteiger partial charge in [-0.1, -0.05) is 25.0 Å². The van der Waals surface area contributed by atoms with E-state index in [1.807, 2.05) is 45.0 Å². The number of hydroxylamine groups is 2. The minimum atomic E-state index is -1.08. The van der Waals surface area contributed by atoms with Crippen LogP contribution in [0.5, 0.6) is 0 Å². The fraction of sp³-hybridized carbons (Fsp3) is 0.667. The van der Waals surface area contributed by atoms with Crippen LogP contribution in [0.3, 0.4) is 0 Å². The molecule has 2 rings (SSSR count). The molecule has 5 nitrogen and oxygen atoms in total. The van der Waals surface area contributed by atoms with Crippen LogP contribution in [0, 0.1) is 5.21 Å². The van der Waals surface area contributed by atoms with E-state index in [-0.39, 0.29) is 15.9 Å². The topological polar surface area (TPSA) is 76.8 Å². The van der Waals surface area contributed by atoms with Crippen molar-refractivity contribution in [1.29, 1.82) is 0 Å². The SMILES string of the molecule is CC(C)(C)[NH+]([O-])CCC(O)c1cccc(NS(=O)C2CCCC2)c1. The summed E-state index contributed by atoms with van der Waals surface area (Å²) >= 11 is 0. The van der Waals surface area contributed by atoms with Gasteiger partial charge in [0.25, 0.3) is 0 Å². The predicted molar refractivity (Wildman–Crippen MR) is 99.0 cm³/mol. The number of nitrogens with one attached hydrogen (secondary N) is 2. The Labute approximate surface area is 147 Å². The molecule has 1 aromatic carbocycles. The first-order valence-electron chi connectivity index (χ1n) is 8.76. The Morgan fingerprint density at radius 3 is 2.67 bits per heavy atom. The molecule has 3 atom stereocenters. The number of aliphatic hydroxyl groups is 1. The van der Waals surface area contributed by atoms with E-state index in [1.54, 1.807) is 0 Å². The summed E-state index contributed by atoms with van der Waals surface area (Å²) in [4.78, 5) is 0. The molecule has 0 aliphatic heterocycles. The third-order valence-corrected chi connectivity index (χ3v) is 6.09. The Balaban J connectivity index is 1.92. The molecule has 3 N–H and O–H groups in total. The first-order valence-corrected chi connectivity index (χ1v) is 9.97. The van der Waals surface area contributed by atoms with Gasteiger partial charge in [-0.15, -0.1) is 0 Å². The van der Waals surface area contributed by atoms with E-state index in [1.165, 1.54) is 0 Å². The van der Waals surface area contributed by atoms with Crippen LogP contribution in [0.25, 0.3) is 0 Å². The molecule has 1 aliphatic carbocycles. The average molecular weight is 355 g/mol. The molecule has 1 saturated carbocycles. The van der Waals surface area contributed by atoms with Crippen LogP contribution >= 0.6 is 0 Å². The molecule has 6 heteroatoms. The number of aliphatic hydroxyl groups excluding tert-OH is 1. The Kier molecular flexibility index (Phi) is 6.80. The van der Waals surface area contributed by atoms with Crippen molar-refractivity contribution in [2.75, 3.05) is 11.3 Å². The summed E-state index contributed by atoms with van der Waals surface area (Å²) < 4.78 is 15.4. The van der Waals surface area contributed by atoms with Gasteiger partial charge in [0.1, 0.15) is 11.0 Å². The van der Waals surface area contributed by atoms with E-state index in [2.05, 4.69) is 4.72 Å². The average Bonchev–Trinajstić information content (AvgIpc) is 3.06. The van der Waals surface area contributed by atoms with Crippen molar-refractivity contribution >= 4 is 16.7 Å². The molecular formula is C18H30N2O3S. The molecule has 0 aromatic heterocycles. The fourth-order valence-corrected chi connectivity index (χ4v) is 4.21. The van der Waals surface area contributed by atoms with E-state index in [9.17, 15) is 14.5 Å². The highest BCUT2D eigenvalue weighted by Crippen LogP contribution is 2.25. The van der Waals surface area contributed by atoms with Crippen LogP contribution in [-0.2, 0) is 11.0 Å². The summed E-state index contributed by atoms with van der Waals surface area (Å²) in [5, 5.41) is 22.7. The molecule has 0 radical (unpaired) electrons. The summed E-state index contributed by atoms with van der Waals surface area (Å²) in [5.74, 6) is 0. The predicted octanol–water partition coefficient (Wildman–Crippen LogP) is 2.31. The Hall–Kier alpha value is -0.950. The van der Waals surface area contributed by atoms with Crippen molar-refractivity contribution in [2.24, 2.45) is 0 Å². The van der Waals surface area contributed by atoms with E-state index in [0.29, 0.717) is 13.0 Å². The molecule has 0 heterocycles.